The normalized spacial score (nSPS) is 23.4. The Kier molecular flexibility index (Phi) is 4.48. The van der Waals surface area contributed by atoms with Gasteiger partial charge in [0.2, 0.25) is 0 Å². The van der Waals surface area contributed by atoms with E-state index in [-0.39, 0.29) is 0 Å². The highest BCUT2D eigenvalue weighted by Gasteiger charge is 2.32. The zero-order chi connectivity index (χ0) is 13.3. The molecule has 1 atom stereocenters. The maximum absolute atomic E-state index is 12.5. The van der Waals surface area contributed by atoms with Crippen molar-refractivity contribution in [3.8, 4) is 0 Å². The van der Waals surface area contributed by atoms with Gasteiger partial charge in [-0.15, -0.1) is 11.3 Å². The molecule has 0 bridgehead atoms. The van der Waals surface area contributed by atoms with Crippen molar-refractivity contribution in [1.29, 1.82) is 0 Å². The first-order valence-corrected chi connectivity index (χ1v) is 8.96. The van der Waals surface area contributed by atoms with Crippen molar-refractivity contribution < 1.29 is 8.42 Å². The number of thiophene rings is 1. The molecule has 1 aromatic rings. The van der Waals surface area contributed by atoms with E-state index in [4.69, 9.17) is 0 Å². The van der Waals surface area contributed by atoms with Crippen molar-refractivity contribution in [3.63, 3.8) is 0 Å². The van der Waals surface area contributed by atoms with E-state index >= 15 is 0 Å². The van der Waals surface area contributed by atoms with Crippen LogP contribution in [0, 0.1) is 0 Å². The minimum atomic E-state index is -3.31. The van der Waals surface area contributed by atoms with Gasteiger partial charge in [0, 0.05) is 25.7 Å². The minimum Gasteiger partial charge on any atom is -0.301 e. The van der Waals surface area contributed by atoms with Crippen molar-refractivity contribution in [2.75, 3.05) is 26.7 Å². The van der Waals surface area contributed by atoms with Crippen LogP contribution in [0.25, 0.3) is 0 Å². The first-order chi connectivity index (χ1) is 8.45. The fourth-order valence-corrected chi connectivity index (χ4v) is 5.77. The largest absolute Gasteiger partial charge is 0.301 e. The van der Waals surface area contributed by atoms with Crippen LogP contribution in [0.5, 0.6) is 0 Å². The number of hydrogen-bond acceptors (Lipinski definition) is 4. The standard InChI is InChI=1S/C11H17BrN2O2S2/c1-3-9-8-14(7-6-13(9)2)18(15,16)11-5-4-10(12)17-11/h4-5,9H,3,6-8H2,1-2H3. The Bertz CT molecular complexity index is 515. The van der Waals surface area contributed by atoms with Crippen LogP contribution < -0.4 is 0 Å². The van der Waals surface area contributed by atoms with Gasteiger partial charge in [0.15, 0.2) is 0 Å². The number of sulfonamides is 1. The van der Waals surface area contributed by atoms with Gasteiger partial charge in [0.1, 0.15) is 4.21 Å². The zero-order valence-corrected chi connectivity index (χ0v) is 13.7. The number of nitrogens with zero attached hydrogens (tertiary/aromatic N) is 2. The molecule has 0 amide bonds. The molecule has 102 valence electrons. The van der Waals surface area contributed by atoms with Crippen LogP contribution in [0.1, 0.15) is 13.3 Å². The molecule has 1 aromatic heterocycles. The zero-order valence-electron chi connectivity index (χ0n) is 10.5. The molecule has 2 rings (SSSR count). The van der Waals surface area contributed by atoms with Crippen LogP contribution in [0.2, 0.25) is 0 Å². The lowest BCUT2D eigenvalue weighted by Gasteiger charge is -2.38. The molecule has 2 heterocycles. The Labute approximate surface area is 121 Å². The van der Waals surface area contributed by atoms with Gasteiger partial charge in [0.05, 0.1) is 3.79 Å². The van der Waals surface area contributed by atoms with E-state index in [0.717, 1.165) is 16.8 Å². The second-order valence-electron chi connectivity index (χ2n) is 4.46. The summed E-state index contributed by atoms with van der Waals surface area (Å²) in [6.07, 6.45) is 0.969. The molecule has 1 saturated heterocycles. The van der Waals surface area contributed by atoms with Crippen molar-refractivity contribution in [1.82, 2.24) is 9.21 Å². The molecule has 7 heteroatoms. The molecule has 1 aliphatic rings. The van der Waals surface area contributed by atoms with Crippen molar-refractivity contribution in [3.05, 3.63) is 15.9 Å². The third-order valence-corrected chi connectivity index (χ3v) is 7.31. The van der Waals surface area contributed by atoms with E-state index in [1.807, 2.05) is 0 Å². The molecule has 0 spiro atoms. The molecular formula is C11H17BrN2O2S2. The van der Waals surface area contributed by atoms with Gasteiger partial charge in [-0.3, -0.25) is 0 Å². The topological polar surface area (TPSA) is 40.6 Å². The second kappa shape index (κ2) is 5.58. The molecule has 1 unspecified atom stereocenters. The highest BCUT2D eigenvalue weighted by molar-refractivity contribution is 9.11. The SMILES string of the molecule is CCC1CN(S(=O)(=O)c2ccc(Br)s2)CCN1C. The summed E-state index contributed by atoms with van der Waals surface area (Å²) in [5, 5.41) is 0. The summed E-state index contributed by atoms with van der Waals surface area (Å²) < 4.78 is 27.8. The Morgan fingerprint density at radius 3 is 2.72 bits per heavy atom. The van der Waals surface area contributed by atoms with Crippen LogP contribution in [0.3, 0.4) is 0 Å². The number of piperazine rings is 1. The Balaban J connectivity index is 2.21. The maximum atomic E-state index is 12.5. The Morgan fingerprint density at radius 1 is 1.44 bits per heavy atom. The average molecular weight is 353 g/mol. The molecule has 1 aliphatic heterocycles. The van der Waals surface area contributed by atoms with Crippen LogP contribution in [0.4, 0.5) is 0 Å². The van der Waals surface area contributed by atoms with E-state index in [1.54, 1.807) is 16.4 Å². The van der Waals surface area contributed by atoms with Gasteiger partial charge < -0.3 is 4.90 Å². The van der Waals surface area contributed by atoms with Crippen LogP contribution in [-0.2, 0) is 10.0 Å². The van der Waals surface area contributed by atoms with Crippen LogP contribution in [-0.4, -0.2) is 50.3 Å². The average Bonchev–Trinajstić information content (AvgIpc) is 2.77. The van der Waals surface area contributed by atoms with Gasteiger partial charge in [-0.05, 0) is 41.5 Å². The van der Waals surface area contributed by atoms with Gasteiger partial charge in [-0.25, -0.2) is 8.42 Å². The summed E-state index contributed by atoms with van der Waals surface area (Å²) >= 11 is 4.58. The lowest BCUT2D eigenvalue weighted by atomic mass is 10.1. The van der Waals surface area contributed by atoms with Crippen molar-refractivity contribution in [2.45, 2.75) is 23.6 Å². The smallest absolute Gasteiger partial charge is 0.252 e. The molecule has 4 nitrogen and oxygen atoms in total. The fraction of sp³-hybridized carbons (Fsp3) is 0.636. The first-order valence-electron chi connectivity index (χ1n) is 5.91. The number of halogens is 1. The molecule has 0 aromatic carbocycles. The second-order valence-corrected chi connectivity index (χ2v) is 9.09. The summed E-state index contributed by atoms with van der Waals surface area (Å²) in [6, 6.07) is 3.77. The van der Waals surface area contributed by atoms with Gasteiger partial charge in [-0.1, -0.05) is 6.92 Å². The molecular weight excluding hydrogens is 336 g/mol. The first kappa shape index (κ1) is 14.5. The molecule has 1 fully saturated rings. The lowest BCUT2D eigenvalue weighted by molar-refractivity contribution is 0.144. The van der Waals surface area contributed by atoms with E-state index in [2.05, 4.69) is 34.8 Å². The Morgan fingerprint density at radius 2 is 2.17 bits per heavy atom. The summed E-state index contributed by atoms with van der Waals surface area (Å²) in [6.45, 7) is 4.05. The van der Waals surface area contributed by atoms with E-state index in [9.17, 15) is 8.42 Å². The molecule has 0 saturated carbocycles. The van der Waals surface area contributed by atoms with Gasteiger partial charge in [-0.2, -0.15) is 4.31 Å². The highest BCUT2D eigenvalue weighted by Crippen LogP contribution is 2.29. The molecule has 0 N–H and O–H groups in total. The van der Waals surface area contributed by atoms with E-state index in [0.29, 0.717) is 23.3 Å². The Hall–Kier alpha value is 0.0500. The number of rotatable bonds is 3. The third-order valence-electron chi connectivity index (χ3n) is 3.35. The summed E-state index contributed by atoms with van der Waals surface area (Å²) in [5.41, 5.74) is 0. The lowest BCUT2D eigenvalue weighted by Crippen LogP contribution is -2.52. The predicted octanol–water partition coefficient (Wildman–Crippen LogP) is 2.23. The molecule has 0 aliphatic carbocycles. The van der Waals surface area contributed by atoms with Crippen molar-refractivity contribution in [2.24, 2.45) is 0 Å². The highest BCUT2D eigenvalue weighted by atomic mass is 79.9. The number of likely N-dealkylation sites (N-methyl/N-ethyl adjacent to an activating group) is 1. The summed E-state index contributed by atoms with van der Waals surface area (Å²) in [5.74, 6) is 0. The van der Waals surface area contributed by atoms with Crippen LogP contribution >= 0.6 is 27.3 Å². The summed E-state index contributed by atoms with van der Waals surface area (Å²) in [4.78, 5) is 2.23. The third kappa shape index (κ3) is 2.80. The summed E-state index contributed by atoms with van der Waals surface area (Å²) in [7, 11) is -1.26. The van der Waals surface area contributed by atoms with Gasteiger partial charge in [0.25, 0.3) is 10.0 Å². The van der Waals surface area contributed by atoms with Crippen molar-refractivity contribution >= 4 is 37.3 Å². The molecule has 0 radical (unpaired) electrons. The maximum Gasteiger partial charge on any atom is 0.252 e. The monoisotopic (exact) mass is 352 g/mol. The number of hydrogen-bond donors (Lipinski definition) is 0. The van der Waals surface area contributed by atoms with E-state index in [1.165, 1.54) is 11.3 Å². The fourth-order valence-electron chi connectivity index (χ4n) is 2.14. The quantitative estimate of drug-likeness (QED) is 0.837. The van der Waals surface area contributed by atoms with Crippen LogP contribution in [0.15, 0.2) is 20.1 Å². The predicted molar refractivity (Wildman–Crippen MR) is 77.5 cm³/mol. The minimum absolute atomic E-state index is 0.317. The van der Waals surface area contributed by atoms with E-state index < -0.39 is 10.0 Å². The van der Waals surface area contributed by atoms with Gasteiger partial charge >= 0.3 is 0 Å². The molecule has 18 heavy (non-hydrogen) atoms.